The molecule has 94 valence electrons. The molecule has 1 unspecified atom stereocenters. The van der Waals surface area contributed by atoms with Gasteiger partial charge >= 0.3 is 0 Å². The Hall–Kier alpha value is -0.0800. The van der Waals surface area contributed by atoms with E-state index in [4.69, 9.17) is 10.5 Å². The minimum atomic E-state index is 0.00546. The van der Waals surface area contributed by atoms with Crippen LogP contribution in [0, 0.1) is 5.92 Å². The second kappa shape index (κ2) is 5.50. The van der Waals surface area contributed by atoms with Crippen LogP contribution in [0.4, 0.5) is 0 Å². The van der Waals surface area contributed by atoms with Crippen molar-refractivity contribution < 1.29 is 4.74 Å². The van der Waals surface area contributed by atoms with Crippen LogP contribution in [0.25, 0.3) is 0 Å². The summed E-state index contributed by atoms with van der Waals surface area (Å²) in [7, 11) is 1.88. The molecule has 0 radical (unpaired) electrons. The Kier molecular flexibility index (Phi) is 4.26. The van der Waals surface area contributed by atoms with Crippen LogP contribution in [0.5, 0.6) is 0 Å². The summed E-state index contributed by atoms with van der Waals surface area (Å²) in [5, 5.41) is 0. The smallest absolute Gasteiger partial charge is 0.0831 e. The molecule has 0 amide bonds. The van der Waals surface area contributed by atoms with Gasteiger partial charge in [0.25, 0.3) is 0 Å². The Balaban J connectivity index is 2.05. The Morgan fingerprint density at radius 1 is 1.00 bits per heavy atom. The molecule has 0 saturated heterocycles. The molecule has 2 fully saturated rings. The summed E-state index contributed by atoms with van der Waals surface area (Å²) < 4.78 is 5.91. The number of ether oxygens (including phenoxy) is 1. The highest BCUT2D eigenvalue weighted by Crippen LogP contribution is 2.39. The van der Waals surface area contributed by atoms with Gasteiger partial charge in [-0.2, -0.15) is 0 Å². The minimum Gasteiger partial charge on any atom is -0.377 e. The van der Waals surface area contributed by atoms with E-state index in [2.05, 4.69) is 0 Å². The lowest BCUT2D eigenvalue weighted by molar-refractivity contribution is -0.0565. The van der Waals surface area contributed by atoms with Crippen LogP contribution in [0.15, 0.2) is 0 Å². The van der Waals surface area contributed by atoms with Crippen molar-refractivity contribution in [1.29, 1.82) is 0 Å². The number of rotatable bonds is 3. The first-order valence-corrected chi connectivity index (χ1v) is 7.09. The van der Waals surface area contributed by atoms with Gasteiger partial charge in [-0.15, -0.1) is 0 Å². The van der Waals surface area contributed by atoms with Gasteiger partial charge < -0.3 is 10.5 Å². The molecule has 0 aliphatic heterocycles. The zero-order chi connectivity index (χ0) is 11.4. The van der Waals surface area contributed by atoms with Crippen molar-refractivity contribution in [2.24, 2.45) is 11.7 Å². The molecule has 0 heterocycles. The Morgan fingerprint density at radius 2 is 1.56 bits per heavy atom. The summed E-state index contributed by atoms with van der Waals surface area (Å²) in [6.45, 7) is 0. The summed E-state index contributed by atoms with van der Waals surface area (Å²) >= 11 is 0. The van der Waals surface area contributed by atoms with Gasteiger partial charge in [0.2, 0.25) is 0 Å². The molecule has 2 aliphatic rings. The van der Waals surface area contributed by atoms with E-state index in [1.54, 1.807) is 0 Å². The fraction of sp³-hybridized carbons (Fsp3) is 1.00. The van der Waals surface area contributed by atoms with Crippen molar-refractivity contribution in [3.8, 4) is 0 Å². The number of hydrogen-bond acceptors (Lipinski definition) is 2. The van der Waals surface area contributed by atoms with E-state index in [0.29, 0.717) is 0 Å². The lowest BCUT2D eigenvalue weighted by Crippen LogP contribution is -2.52. The fourth-order valence-corrected chi connectivity index (χ4v) is 3.75. The van der Waals surface area contributed by atoms with E-state index in [0.717, 1.165) is 5.92 Å². The molecule has 2 N–H and O–H groups in total. The van der Waals surface area contributed by atoms with Crippen LogP contribution in [0.1, 0.15) is 64.2 Å². The first-order valence-electron chi connectivity index (χ1n) is 7.09. The molecule has 0 aromatic rings. The van der Waals surface area contributed by atoms with Gasteiger partial charge in [0.1, 0.15) is 0 Å². The lowest BCUT2D eigenvalue weighted by Gasteiger charge is -2.40. The van der Waals surface area contributed by atoms with Gasteiger partial charge in [0.05, 0.1) is 5.60 Å². The molecular weight excluding hydrogens is 198 g/mol. The predicted molar refractivity (Wildman–Crippen MR) is 67.4 cm³/mol. The summed E-state index contributed by atoms with van der Waals surface area (Å²) in [5.74, 6) is 0.720. The van der Waals surface area contributed by atoms with E-state index in [-0.39, 0.29) is 11.6 Å². The van der Waals surface area contributed by atoms with Crippen LogP contribution in [0.3, 0.4) is 0 Å². The largest absolute Gasteiger partial charge is 0.377 e. The molecule has 0 bridgehead atoms. The Morgan fingerprint density at radius 3 is 2.06 bits per heavy atom. The first kappa shape index (κ1) is 12.4. The van der Waals surface area contributed by atoms with Gasteiger partial charge in [-0.05, 0) is 31.6 Å². The Bertz CT molecular complexity index is 203. The molecule has 2 rings (SSSR count). The second-order valence-corrected chi connectivity index (χ2v) is 5.75. The highest BCUT2D eigenvalue weighted by molar-refractivity contribution is 4.97. The average Bonchev–Trinajstić information content (AvgIpc) is 2.73. The van der Waals surface area contributed by atoms with E-state index in [9.17, 15) is 0 Å². The van der Waals surface area contributed by atoms with Crippen LogP contribution < -0.4 is 5.73 Å². The molecule has 0 aromatic carbocycles. The van der Waals surface area contributed by atoms with Crippen molar-refractivity contribution >= 4 is 0 Å². The SMILES string of the molecule is COC1(C(N)C2CCCC2)CCCCCC1. The summed E-state index contributed by atoms with van der Waals surface area (Å²) in [5.41, 5.74) is 6.55. The highest BCUT2D eigenvalue weighted by atomic mass is 16.5. The monoisotopic (exact) mass is 225 g/mol. The quantitative estimate of drug-likeness (QED) is 0.748. The maximum Gasteiger partial charge on any atom is 0.0831 e. The normalized spacial score (nSPS) is 28.9. The highest BCUT2D eigenvalue weighted by Gasteiger charge is 2.41. The van der Waals surface area contributed by atoms with Gasteiger partial charge in [-0.3, -0.25) is 0 Å². The molecule has 0 aromatic heterocycles. The van der Waals surface area contributed by atoms with Crippen LogP contribution in [-0.2, 0) is 4.74 Å². The molecule has 2 aliphatic carbocycles. The summed E-state index contributed by atoms with van der Waals surface area (Å²) in [6, 6.07) is 0.276. The van der Waals surface area contributed by atoms with Crippen molar-refractivity contribution in [2.75, 3.05) is 7.11 Å². The third-order valence-corrected chi connectivity index (χ3v) is 4.87. The standard InChI is InChI=1S/C14H27NO/c1-16-14(10-6-2-3-7-11-14)13(15)12-8-4-5-9-12/h12-13H,2-11,15H2,1H3. The topological polar surface area (TPSA) is 35.2 Å². The van der Waals surface area contributed by atoms with Crippen LogP contribution in [0.2, 0.25) is 0 Å². The zero-order valence-electron chi connectivity index (χ0n) is 10.7. The van der Waals surface area contributed by atoms with Gasteiger partial charge in [-0.1, -0.05) is 38.5 Å². The maximum atomic E-state index is 6.54. The maximum absolute atomic E-state index is 6.54. The van der Waals surface area contributed by atoms with E-state index >= 15 is 0 Å². The van der Waals surface area contributed by atoms with Gasteiger partial charge in [0, 0.05) is 13.2 Å². The minimum absolute atomic E-state index is 0.00546. The van der Waals surface area contributed by atoms with Gasteiger partial charge in [-0.25, -0.2) is 0 Å². The molecular formula is C14H27NO. The number of methoxy groups -OCH3 is 1. The predicted octanol–water partition coefficient (Wildman–Crippen LogP) is 3.24. The number of hydrogen-bond donors (Lipinski definition) is 1. The summed E-state index contributed by atoms with van der Waals surface area (Å²) in [6.07, 6.45) is 13.1. The van der Waals surface area contributed by atoms with Crippen molar-refractivity contribution in [2.45, 2.75) is 75.9 Å². The molecule has 0 spiro atoms. The molecule has 2 nitrogen and oxygen atoms in total. The molecule has 2 heteroatoms. The third kappa shape index (κ3) is 2.43. The first-order chi connectivity index (χ1) is 7.78. The third-order valence-electron chi connectivity index (χ3n) is 4.87. The summed E-state index contributed by atoms with van der Waals surface area (Å²) in [4.78, 5) is 0. The fourth-order valence-electron chi connectivity index (χ4n) is 3.75. The average molecular weight is 225 g/mol. The lowest BCUT2D eigenvalue weighted by atomic mass is 9.79. The van der Waals surface area contributed by atoms with Crippen molar-refractivity contribution in [1.82, 2.24) is 0 Å². The second-order valence-electron chi connectivity index (χ2n) is 5.75. The van der Waals surface area contributed by atoms with Crippen molar-refractivity contribution in [3.63, 3.8) is 0 Å². The van der Waals surface area contributed by atoms with Crippen molar-refractivity contribution in [3.05, 3.63) is 0 Å². The van der Waals surface area contributed by atoms with E-state index < -0.39 is 0 Å². The van der Waals surface area contributed by atoms with Crippen LogP contribution in [-0.4, -0.2) is 18.8 Å². The van der Waals surface area contributed by atoms with E-state index in [1.807, 2.05) is 7.11 Å². The van der Waals surface area contributed by atoms with E-state index in [1.165, 1.54) is 64.2 Å². The van der Waals surface area contributed by atoms with Gasteiger partial charge in [0.15, 0.2) is 0 Å². The zero-order valence-corrected chi connectivity index (χ0v) is 10.7. The number of nitrogens with two attached hydrogens (primary N) is 1. The molecule has 1 atom stereocenters. The van der Waals surface area contributed by atoms with Crippen LogP contribution >= 0.6 is 0 Å². The molecule has 16 heavy (non-hydrogen) atoms. The Labute approximate surface area is 99.9 Å². The molecule has 2 saturated carbocycles.